The van der Waals surface area contributed by atoms with Gasteiger partial charge >= 0.3 is 12.1 Å². The predicted molar refractivity (Wildman–Crippen MR) is 97.7 cm³/mol. The number of aryl methyl sites for hydroxylation is 1. The van der Waals surface area contributed by atoms with Gasteiger partial charge in [0.2, 0.25) is 15.8 Å². The second-order valence-electron chi connectivity index (χ2n) is 6.30. The van der Waals surface area contributed by atoms with E-state index in [1.54, 1.807) is 18.2 Å². The highest BCUT2D eigenvalue weighted by molar-refractivity contribution is 7.92. The molecule has 3 heterocycles. The Morgan fingerprint density at radius 3 is 2.66 bits per heavy atom. The Balaban J connectivity index is 1.61. The fraction of sp³-hybridized carbons (Fsp3) is 0.235. The molecule has 2 aromatic heterocycles. The van der Waals surface area contributed by atoms with Crippen LogP contribution in [0.4, 0.5) is 18.9 Å². The molecule has 152 valence electrons. The second-order valence-corrected chi connectivity index (χ2v) is 8.75. The monoisotopic (exact) mass is 444 g/mol. The molecule has 0 amide bonds. The van der Waals surface area contributed by atoms with Crippen LogP contribution in [-0.2, 0) is 29.2 Å². The third-order valence-electron chi connectivity index (χ3n) is 4.34. The first-order valence-electron chi connectivity index (χ1n) is 8.28. The molecule has 0 aliphatic carbocycles. The minimum absolute atomic E-state index is 0.0389. The van der Waals surface area contributed by atoms with E-state index in [1.165, 1.54) is 22.6 Å². The SMILES string of the molecule is O=S1(=O)CCc2ccc(Cl)cc2N1Cc1ccc(-c2noc(C(F)(F)F)n2)cn1. The molecular formula is C17H12ClF3N4O3S. The molecule has 0 saturated heterocycles. The van der Waals surface area contributed by atoms with E-state index >= 15 is 0 Å². The molecule has 0 unspecified atom stereocenters. The minimum atomic E-state index is -4.74. The zero-order chi connectivity index (χ0) is 20.8. The maximum absolute atomic E-state index is 12.6. The summed E-state index contributed by atoms with van der Waals surface area (Å²) in [5.41, 5.74) is 1.94. The molecule has 0 fully saturated rings. The van der Waals surface area contributed by atoms with Gasteiger partial charge in [-0.1, -0.05) is 22.8 Å². The normalized spacial score (nSPS) is 15.9. The summed E-state index contributed by atoms with van der Waals surface area (Å²) in [6.07, 6.45) is -3.09. The van der Waals surface area contributed by atoms with Crippen molar-refractivity contribution < 1.29 is 26.1 Å². The van der Waals surface area contributed by atoms with Gasteiger partial charge in [0.1, 0.15) is 0 Å². The highest BCUT2D eigenvalue weighted by Gasteiger charge is 2.38. The number of hydrogen-bond acceptors (Lipinski definition) is 6. The standard InChI is InChI=1S/C17H12ClF3N4O3S/c18-12-3-1-10-5-6-29(26,27)25(14(10)7-12)9-13-4-2-11(8-22-13)15-23-16(28-24-15)17(19,20)21/h1-4,7-8H,5-6,9H2. The number of benzene rings is 1. The molecule has 4 rings (SSSR count). The lowest BCUT2D eigenvalue weighted by Gasteiger charge is -2.30. The second kappa shape index (κ2) is 6.99. The van der Waals surface area contributed by atoms with Crippen LogP contribution in [0.25, 0.3) is 11.4 Å². The first kappa shape index (κ1) is 19.6. The van der Waals surface area contributed by atoms with Crippen molar-refractivity contribution in [3.05, 3.63) is 58.7 Å². The van der Waals surface area contributed by atoms with Crippen molar-refractivity contribution in [2.24, 2.45) is 0 Å². The topological polar surface area (TPSA) is 89.2 Å². The number of halogens is 4. The average molecular weight is 445 g/mol. The summed E-state index contributed by atoms with van der Waals surface area (Å²) in [4.78, 5) is 7.44. The molecule has 1 aliphatic heterocycles. The third-order valence-corrected chi connectivity index (χ3v) is 6.29. The van der Waals surface area contributed by atoms with E-state index in [4.69, 9.17) is 11.6 Å². The predicted octanol–water partition coefficient (Wildman–Crippen LogP) is 3.70. The number of pyridine rings is 1. The Morgan fingerprint density at radius 1 is 1.21 bits per heavy atom. The molecule has 0 N–H and O–H groups in total. The Morgan fingerprint density at radius 2 is 2.00 bits per heavy atom. The van der Waals surface area contributed by atoms with Crippen molar-refractivity contribution in [1.82, 2.24) is 15.1 Å². The van der Waals surface area contributed by atoms with Crippen molar-refractivity contribution in [3.8, 4) is 11.4 Å². The zero-order valence-electron chi connectivity index (χ0n) is 14.5. The molecule has 7 nitrogen and oxygen atoms in total. The lowest BCUT2D eigenvalue weighted by Crippen LogP contribution is -2.37. The highest BCUT2D eigenvalue weighted by Crippen LogP contribution is 2.33. The van der Waals surface area contributed by atoms with E-state index in [0.29, 0.717) is 22.8 Å². The number of anilines is 1. The van der Waals surface area contributed by atoms with Crippen LogP contribution in [0.5, 0.6) is 0 Å². The summed E-state index contributed by atoms with van der Waals surface area (Å²) in [6, 6.07) is 8.00. The molecule has 0 radical (unpaired) electrons. The number of aromatic nitrogens is 3. The van der Waals surface area contributed by atoms with Gasteiger partial charge in [-0.05, 0) is 36.2 Å². The molecule has 0 spiro atoms. The van der Waals surface area contributed by atoms with Crippen molar-refractivity contribution >= 4 is 27.3 Å². The Kier molecular flexibility index (Phi) is 4.74. The molecule has 0 atom stereocenters. The lowest BCUT2D eigenvalue weighted by atomic mass is 10.1. The summed E-state index contributed by atoms with van der Waals surface area (Å²) in [6.45, 7) is -0.0456. The van der Waals surface area contributed by atoms with Crippen molar-refractivity contribution in [1.29, 1.82) is 0 Å². The summed E-state index contributed by atoms with van der Waals surface area (Å²) in [5, 5.41) is 3.70. The van der Waals surface area contributed by atoms with Crippen molar-refractivity contribution in [2.45, 2.75) is 19.1 Å². The van der Waals surface area contributed by atoms with Crippen LogP contribution in [0.3, 0.4) is 0 Å². The minimum Gasteiger partial charge on any atom is -0.329 e. The van der Waals surface area contributed by atoms with E-state index in [0.717, 1.165) is 5.56 Å². The first-order chi connectivity index (χ1) is 13.6. The van der Waals surface area contributed by atoms with Crippen LogP contribution < -0.4 is 4.31 Å². The molecule has 1 aliphatic rings. The number of nitrogens with zero attached hydrogens (tertiary/aromatic N) is 4. The van der Waals surface area contributed by atoms with Crippen LogP contribution in [0.1, 0.15) is 17.1 Å². The number of sulfonamides is 1. The number of alkyl halides is 3. The Bertz CT molecular complexity index is 1160. The van der Waals surface area contributed by atoms with Crippen LogP contribution >= 0.6 is 11.6 Å². The lowest BCUT2D eigenvalue weighted by molar-refractivity contribution is -0.159. The fourth-order valence-corrected chi connectivity index (χ4v) is 4.58. The Labute approximate surface area is 168 Å². The fourth-order valence-electron chi connectivity index (χ4n) is 2.92. The maximum Gasteiger partial charge on any atom is 0.471 e. The summed E-state index contributed by atoms with van der Waals surface area (Å²) in [7, 11) is -3.56. The van der Waals surface area contributed by atoms with Gasteiger partial charge in [0.25, 0.3) is 0 Å². The number of rotatable bonds is 3. The molecule has 1 aromatic carbocycles. The van der Waals surface area contributed by atoms with E-state index in [1.807, 2.05) is 0 Å². The van der Waals surface area contributed by atoms with Crippen LogP contribution in [-0.4, -0.2) is 29.3 Å². The van der Waals surface area contributed by atoms with E-state index in [-0.39, 0.29) is 23.7 Å². The van der Waals surface area contributed by atoms with Crippen LogP contribution in [0.2, 0.25) is 5.02 Å². The third kappa shape index (κ3) is 3.92. The van der Waals surface area contributed by atoms with Gasteiger partial charge in [-0.2, -0.15) is 18.2 Å². The van der Waals surface area contributed by atoms with Crippen LogP contribution in [0, 0.1) is 0 Å². The number of fused-ring (bicyclic) bond motifs is 1. The van der Waals surface area contributed by atoms with E-state index in [2.05, 4.69) is 19.6 Å². The van der Waals surface area contributed by atoms with Gasteiger partial charge in [0.05, 0.1) is 23.7 Å². The summed E-state index contributed by atoms with van der Waals surface area (Å²) in [5.74, 6) is -1.76. The molecule has 12 heteroatoms. The smallest absolute Gasteiger partial charge is 0.329 e. The van der Waals surface area contributed by atoms with Gasteiger partial charge < -0.3 is 4.52 Å². The first-order valence-corrected chi connectivity index (χ1v) is 10.3. The van der Waals surface area contributed by atoms with E-state index in [9.17, 15) is 21.6 Å². The zero-order valence-corrected chi connectivity index (χ0v) is 16.1. The van der Waals surface area contributed by atoms with Gasteiger partial charge in [-0.25, -0.2) is 8.42 Å². The largest absolute Gasteiger partial charge is 0.471 e. The van der Waals surface area contributed by atoms with Gasteiger partial charge in [0.15, 0.2) is 0 Å². The van der Waals surface area contributed by atoms with Crippen molar-refractivity contribution in [2.75, 3.05) is 10.1 Å². The summed E-state index contributed by atoms with van der Waals surface area (Å²) < 4.78 is 68.3. The molecule has 0 saturated carbocycles. The van der Waals surface area contributed by atoms with Crippen molar-refractivity contribution in [3.63, 3.8) is 0 Å². The molecular weight excluding hydrogens is 433 g/mol. The quantitative estimate of drug-likeness (QED) is 0.612. The molecule has 0 bridgehead atoms. The molecule has 3 aromatic rings. The Hall–Kier alpha value is -2.66. The van der Waals surface area contributed by atoms with E-state index < -0.39 is 22.1 Å². The highest BCUT2D eigenvalue weighted by atomic mass is 35.5. The summed E-state index contributed by atoms with van der Waals surface area (Å²) >= 11 is 6.02. The number of hydrogen-bond donors (Lipinski definition) is 0. The van der Waals surface area contributed by atoms with Crippen LogP contribution in [0.15, 0.2) is 41.1 Å². The van der Waals surface area contributed by atoms with Gasteiger partial charge in [-0.15, -0.1) is 0 Å². The van der Waals surface area contributed by atoms with Gasteiger partial charge in [0, 0.05) is 16.8 Å². The average Bonchev–Trinajstić information content (AvgIpc) is 3.15. The van der Waals surface area contributed by atoms with Gasteiger partial charge in [-0.3, -0.25) is 9.29 Å². The maximum atomic E-state index is 12.6. The molecule has 29 heavy (non-hydrogen) atoms.